The van der Waals surface area contributed by atoms with Crippen LogP contribution in [0.25, 0.3) is 21.6 Å². The zero-order valence-electron chi connectivity index (χ0n) is 11.6. The Morgan fingerprint density at radius 2 is 1.82 bits per heavy atom. The summed E-state index contributed by atoms with van der Waals surface area (Å²) in [4.78, 5) is 27.3. The molecule has 6 heteroatoms. The number of nitrogens with one attached hydrogen (secondary N) is 1. The van der Waals surface area contributed by atoms with Crippen molar-refractivity contribution < 1.29 is 9.59 Å². The highest BCUT2D eigenvalue weighted by Gasteiger charge is 2.29. The SMILES string of the molecule is [N-]=[N+]=NCCNC(=O)c1cccc2c1-c1ccccc1C2=O. The fraction of sp³-hybridized carbons (Fsp3) is 0.125. The molecular weight excluding hydrogens is 280 g/mol. The molecule has 0 saturated carbocycles. The molecule has 6 nitrogen and oxygen atoms in total. The lowest BCUT2D eigenvalue weighted by molar-refractivity contribution is 0.0955. The average Bonchev–Trinajstić information content (AvgIpc) is 2.85. The average molecular weight is 292 g/mol. The third-order valence-corrected chi connectivity index (χ3v) is 3.56. The summed E-state index contributed by atoms with van der Waals surface area (Å²) >= 11 is 0. The van der Waals surface area contributed by atoms with Crippen molar-refractivity contribution in [2.45, 2.75) is 0 Å². The van der Waals surface area contributed by atoms with Crippen LogP contribution in [0.3, 0.4) is 0 Å². The van der Waals surface area contributed by atoms with Crippen LogP contribution < -0.4 is 5.32 Å². The van der Waals surface area contributed by atoms with E-state index in [4.69, 9.17) is 5.53 Å². The molecule has 0 aromatic heterocycles. The molecule has 0 spiro atoms. The number of carbonyl (C=O) groups is 2. The smallest absolute Gasteiger partial charge is 0.251 e. The summed E-state index contributed by atoms with van der Waals surface area (Å²) in [7, 11) is 0. The van der Waals surface area contributed by atoms with Gasteiger partial charge in [-0.05, 0) is 17.2 Å². The molecule has 22 heavy (non-hydrogen) atoms. The number of rotatable bonds is 4. The van der Waals surface area contributed by atoms with Crippen LogP contribution in [0.5, 0.6) is 0 Å². The second-order valence-corrected chi connectivity index (χ2v) is 4.81. The fourth-order valence-corrected chi connectivity index (χ4v) is 2.62. The lowest BCUT2D eigenvalue weighted by Gasteiger charge is -2.09. The molecular formula is C16H12N4O2. The Kier molecular flexibility index (Phi) is 3.60. The van der Waals surface area contributed by atoms with E-state index in [0.717, 1.165) is 5.56 Å². The lowest BCUT2D eigenvalue weighted by atomic mass is 9.99. The number of azide groups is 1. The molecule has 2 aromatic rings. The van der Waals surface area contributed by atoms with Gasteiger partial charge in [-0.2, -0.15) is 0 Å². The highest BCUT2D eigenvalue weighted by atomic mass is 16.1. The van der Waals surface area contributed by atoms with Crippen molar-refractivity contribution in [3.05, 3.63) is 69.6 Å². The van der Waals surface area contributed by atoms with Gasteiger partial charge in [0.15, 0.2) is 5.78 Å². The quantitative estimate of drug-likeness (QED) is 0.346. The van der Waals surface area contributed by atoms with Gasteiger partial charge >= 0.3 is 0 Å². The molecule has 0 aliphatic heterocycles. The fourth-order valence-electron chi connectivity index (χ4n) is 2.62. The summed E-state index contributed by atoms with van der Waals surface area (Å²) in [6.45, 7) is 0.439. The van der Waals surface area contributed by atoms with E-state index >= 15 is 0 Å². The van der Waals surface area contributed by atoms with E-state index in [1.807, 2.05) is 18.2 Å². The molecule has 0 unspecified atom stereocenters. The number of ketones is 1. The number of nitrogens with zero attached hydrogens (tertiary/aromatic N) is 3. The molecule has 0 bridgehead atoms. The van der Waals surface area contributed by atoms with Crippen molar-refractivity contribution in [3.8, 4) is 11.1 Å². The minimum Gasteiger partial charge on any atom is -0.352 e. The van der Waals surface area contributed by atoms with Crippen LogP contribution in [-0.4, -0.2) is 24.8 Å². The Bertz CT molecular complexity index is 823. The van der Waals surface area contributed by atoms with Crippen LogP contribution in [0.1, 0.15) is 26.3 Å². The standard InChI is InChI=1S/C16H12N4O2/c17-20-19-9-8-18-16(22)13-7-3-6-12-14(13)10-4-1-2-5-11(10)15(12)21/h1-7H,8-9H2,(H,18,22). The first-order chi connectivity index (χ1) is 10.7. The van der Waals surface area contributed by atoms with E-state index in [-0.39, 0.29) is 24.8 Å². The van der Waals surface area contributed by atoms with Crippen LogP contribution in [0.4, 0.5) is 0 Å². The van der Waals surface area contributed by atoms with E-state index in [9.17, 15) is 9.59 Å². The van der Waals surface area contributed by atoms with Gasteiger partial charge in [-0.1, -0.05) is 41.5 Å². The number of hydrogen-bond acceptors (Lipinski definition) is 3. The maximum atomic E-state index is 12.4. The normalized spacial score (nSPS) is 11.4. The Morgan fingerprint density at radius 1 is 1.09 bits per heavy atom. The lowest BCUT2D eigenvalue weighted by Crippen LogP contribution is -2.26. The van der Waals surface area contributed by atoms with Gasteiger partial charge in [-0.15, -0.1) is 0 Å². The molecule has 0 saturated heterocycles. The van der Waals surface area contributed by atoms with Gasteiger partial charge in [0.25, 0.3) is 5.91 Å². The molecule has 108 valence electrons. The first-order valence-electron chi connectivity index (χ1n) is 6.80. The van der Waals surface area contributed by atoms with Crippen LogP contribution in [0.15, 0.2) is 47.6 Å². The molecule has 2 aromatic carbocycles. The van der Waals surface area contributed by atoms with Crippen LogP contribution in [-0.2, 0) is 0 Å². The summed E-state index contributed by atoms with van der Waals surface area (Å²) in [6, 6.07) is 12.4. The van der Waals surface area contributed by atoms with E-state index in [1.165, 1.54) is 0 Å². The van der Waals surface area contributed by atoms with Gasteiger partial charge in [0, 0.05) is 40.3 Å². The summed E-state index contributed by atoms with van der Waals surface area (Å²) in [5, 5.41) is 6.06. The van der Waals surface area contributed by atoms with Crippen molar-refractivity contribution in [1.29, 1.82) is 0 Å². The van der Waals surface area contributed by atoms with Gasteiger partial charge in [0.2, 0.25) is 0 Å². The highest BCUT2D eigenvalue weighted by Crippen LogP contribution is 2.38. The molecule has 1 aliphatic rings. The third-order valence-electron chi connectivity index (χ3n) is 3.56. The van der Waals surface area contributed by atoms with Gasteiger partial charge < -0.3 is 5.32 Å². The van der Waals surface area contributed by atoms with Crippen molar-refractivity contribution >= 4 is 11.7 Å². The van der Waals surface area contributed by atoms with Gasteiger partial charge in [-0.3, -0.25) is 9.59 Å². The molecule has 3 rings (SSSR count). The van der Waals surface area contributed by atoms with Gasteiger partial charge in [0.05, 0.1) is 0 Å². The minimum atomic E-state index is -0.283. The first-order valence-corrected chi connectivity index (χ1v) is 6.80. The highest BCUT2D eigenvalue weighted by molar-refractivity contribution is 6.24. The van der Waals surface area contributed by atoms with Gasteiger partial charge in [-0.25, -0.2) is 0 Å². The van der Waals surface area contributed by atoms with E-state index in [2.05, 4.69) is 15.3 Å². The monoisotopic (exact) mass is 292 g/mol. The number of carbonyl (C=O) groups excluding carboxylic acids is 2. The molecule has 1 amide bonds. The van der Waals surface area contributed by atoms with Crippen LogP contribution in [0, 0.1) is 0 Å². The van der Waals surface area contributed by atoms with E-state index < -0.39 is 0 Å². The molecule has 0 heterocycles. The number of benzene rings is 2. The third kappa shape index (κ3) is 2.21. The van der Waals surface area contributed by atoms with E-state index in [1.54, 1.807) is 24.3 Å². The van der Waals surface area contributed by atoms with Crippen molar-refractivity contribution in [2.75, 3.05) is 13.1 Å². The Labute approximate surface area is 126 Å². The maximum absolute atomic E-state index is 12.4. The number of hydrogen-bond donors (Lipinski definition) is 1. The molecule has 0 atom stereocenters. The molecule has 1 N–H and O–H groups in total. The summed E-state index contributed by atoms with van der Waals surface area (Å²) in [5.74, 6) is -0.344. The second kappa shape index (κ2) is 5.71. The predicted molar refractivity (Wildman–Crippen MR) is 81.7 cm³/mol. The maximum Gasteiger partial charge on any atom is 0.251 e. The largest absolute Gasteiger partial charge is 0.352 e. The van der Waals surface area contributed by atoms with Crippen molar-refractivity contribution in [3.63, 3.8) is 0 Å². The Balaban J connectivity index is 1.98. The topological polar surface area (TPSA) is 94.9 Å². The first kappa shape index (κ1) is 13.9. The molecule has 0 radical (unpaired) electrons. The zero-order chi connectivity index (χ0) is 15.5. The van der Waals surface area contributed by atoms with Crippen LogP contribution >= 0.6 is 0 Å². The summed E-state index contributed by atoms with van der Waals surface area (Å²) in [6.07, 6.45) is 0. The number of amides is 1. The summed E-state index contributed by atoms with van der Waals surface area (Å²) < 4.78 is 0. The second-order valence-electron chi connectivity index (χ2n) is 4.81. The van der Waals surface area contributed by atoms with Crippen molar-refractivity contribution in [2.24, 2.45) is 5.11 Å². The van der Waals surface area contributed by atoms with Crippen LogP contribution in [0.2, 0.25) is 0 Å². The predicted octanol–water partition coefficient (Wildman–Crippen LogP) is 2.94. The zero-order valence-corrected chi connectivity index (χ0v) is 11.6. The van der Waals surface area contributed by atoms with Gasteiger partial charge in [0.1, 0.15) is 0 Å². The van der Waals surface area contributed by atoms with Crippen molar-refractivity contribution in [1.82, 2.24) is 5.32 Å². The number of fused-ring (bicyclic) bond motifs is 3. The van der Waals surface area contributed by atoms with E-state index in [0.29, 0.717) is 22.3 Å². The molecule has 1 aliphatic carbocycles. The minimum absolute atomic E-state index is 0.0608. The Hall–Kier alpha value is -3.11. The summed E-state index contributed by atoms with van der Waals surface area (Å²) in [5.41, 5.74) is 11.3. The molecule has 0 fully saturated rings. The Morgan fingerprint density at radius 3 is 2.59 bits per heavy atom.